The van der Waals surface area contributed by atoms with Crippen molar-refractivity contribution in [3.63, 3.8) is 0 Å². The minimum Gasteiger partial charge on any atom is -0.508 e. The van der Waals surface area contributed by atoms with Gasteiger partial charge in [0.15, 0.2) is 0 Å². The summed E-state index contributed by atoms with van der Waals surface area (Å²) in [6, 6.07) is 22.2. The van der Waals surface area contributed by atoms with Crippen molar-refractivity contribution in [2.24, 2.45) is 0 Å². The normalized spacial score (nSPS) is 9.63. The van der Waals surface area contributed by atoms with Crippen LogP contribution in [0.25, 0.3) is 0 Å². The minimum atomic E-state index is -0.727. The average Bonchev–Trinajstić information content (AvgIpc) is 2.99. The molecule has 0 bridgehead atoms. The van der Waals surface area contributed by atoms with E-state index < -0.39 is 17.8 Å². The van der Waals surface area contributed by atoms with Crippen LogP contribution in [0.4, 0.5) is 4.39 Å². The standard InChI is InChI=1S/C15H13ClO4.C8H6ClFO2.C7H8O2/c1-18-11-4-3-5-12(9-11)20-14-7-6-10(16)8-13(14)15(17)19-2;1-12-8(11)6-4-5(9)2-3-7(6)10;1-9-7-4-2-3-6(8)5-7/h3-9H,1-2H3;2-4H,1H3;2-5,8H,1H3. The molecule has 0 aliphatic carbocycles. The lowest BCUT2D eigenvalue weighted by atomic mass is 10.2. The van der Waals surface area contributed by atoms with Crippen molar-refractivity contribution in [2.45, 2.75) is 0 Å². The van der Waals surface area contributed by atoms with E-state index in [4.69, 9.17) is 47.3 Å². The predicted octanol–water partition coefficient (Wildman–Crippen LogP) is 7.59. The molecule has 0 spiro atoms. The number of halogens is 3. The maximum atomic E-state index is 12.8. The fourth-order valence-corrected chi connectivity index (χ4v) is 3.37. The molecule has 0 radical (unpaired) electrons. The molecule has 0 saturated carbocycles. The van der Waals surface area contributed by atoms with E-state index >= 15 is 0 Å². The number of aromatic hydroxyl groups is 1. The average molecular weight is 605 g/mol. The quantitative estimate of drug-likeness (QED) is 0.225. The highest BCUT2D eigenvalue weighted by atomic mass is 35.5. The first-order valence-electron chi connectivity index (χ1n) is 11.7. The zero-order valence-corrected chi connectivity index (χ0v) is 24.0. The highest BCUT2D eigenvalue weighted by Gasteiger charge is 2.15. The van der Waals surface area contributed by atoms with Crippen molar-refractivity contribution in [2.75, 3.05) is 28.4 Å². The van der Waals surface area contributed by atoms with Gasteiger partial charge >= 0.3 is 11.9 Å². The van der Waals surface area contributed by atoms with Gasteiger partial charge in [-0.15, -0.1) is 0 Å². The third kappa shape index (κ3) is 10.6. The van der Waals surface area contributed by atoms with Crippen LogP contribution in [0.15, 0.2) is 84.9 Å². The molecule has 4 aromatic rings. The van der Waals surface area contributed by atoms with Gasteiger partial charge in [0.05, 0.1) is 34.0 Å². The summed E-state index contributed by atoms with van der Waals surface area (Å²) in [7, 11) is 5.62. The van der Waals surface area contributed by atoms with E-state index in [9.17, 15) is 14.0 Å². The number of ether oxygens (including phenoxy) is 5. The predicted molar refractivity (Wildman–Crippen MR) is 153 cm³/mol. The first kappa shape index (κ1) is 32.7. The van der Waals surface area contributed by atoms with Crippen molar-refractivity contribution in [1.82, 2.24) is 0 Å². The molecule has 0 saturated heterocycles. The molecule has 0 aromatic heterocycles. The molecule has 0 amide bonds. The number of methoxy groups -OCH3 is 4. The lowest BCUT2D eigenvalue weighted by molar-refractivity contribution is 0.0587. The number of rotatable bonds is 6. The molecule has 0 heterocycles. The summed E-state index contributed by atoms with van der Waals surface area (Å²) in [6.45, 7) is 0. The van der Waals surface area contributed by atoms with Crippen molar-refractivity contribution in [1.29, 1.82) is 0 Å². The summed E-state index contributed by atoms with van der Waals surface area (Å²) in [6.07, 6.45) is 0. The number of carbonyl (C=O) groups excluding carboxylic acids is 2. The second kappa shape index (κ2) is 16.6. The summed E-state index contributed by atoms with van der Waals surface area (Å²) in [5, 5.41) is 9.60. The summed E-state index contributed by atoms with van der Waals surface area (Å²) >= 11 is 11.4. The monoisotopic (exact) mass is 604 g/mol. The van der Waals surface area contributed by atoms with E-state index in [-0.39, 0.29) is 16.9 Å². The van der Waals surface area contributed by atoms with E-state index in [0.29, 0.717) is 33.0 Å². The molecule has 0 fully saturated rings. The van der Waals surface area contributed by atoms with Gasteiger partial charge in [0.1, 0.15) is 40.1 Å². The molecule has 216 valence electrons. The van der Waals surface area contributed by atoms with Crippen LogP contribution in [0.3, 0.4) is 0 Å². The van der Waals surface area contributed by atoms with E-state index in [1.54, 1.807) is 74.9 Å². The van der Waals surface area contributed by atoms with E-state index in [1.165, 1.54) is 32.4 Å². The third-order valence-corrected chi connectivity index (χ3v) is 5.47. The van der Waals surface area contributed by atoms with Gasteiger partial charge in [-0.2, -0.15) is 0 Å². The molecular formula is C30H27Cl2FO8. The molecule has 0 aliphatic heterocycles. The Kier molecular flexibility index (Phi) is 13.2. The SMILES string of the molecule is COC(=O)c1cc(Cl)ccc1F.COC(=O)c1cc(Cl)ccc1Oc1cccc(OC)c1.COc1cccc(O)c1. The first-order valence-corrected chi connectivity index (χ1v) is 12.4. The molecule has 0 unspecified atom stereocenters. The van der Waals surface area contributed by atoms with E-state index in [2.05, 4.69) is 4.74 Å². The van der Waals surface area contributed by atoms with Gasteiger partial charge in [0, 0.05) is 22.2 Å². The van der Waals surface area contributed by atoms with Crippen molar-refractivity contribution in [3.8, 4) is 28.7 Å². The van der Waals surface area contributed by atoms with Crippen LogP contribution >= 0.6 is 23.2 Å². The van der Waals surface area contributed by atoms with Crippen molar-refractivity contribution < 1.29 is 42.8 Å². The molecule has 4 aromatic carbocycles. The van der Waals surface area contributed by atoms with Crippen molar-refractivity contribution >= 4 is 35.1 Å². The van der Waals surface area contributed by atoms with Gasteiger partial charge in [-0.3, -0.25) is 0 Å². The highest BCUT2D eigenvalue weighted by molar-refractivity contribution is 6.31. The zero-order valence-electron chi connectivity index (χ0n) is 22.5. The Labute approximate surface area is 246 Å². The lowest BCUT2D eigenvalue weighted by Gasteiger charge is -2.11. The summed E-state index contributed by atoms with van der Waals surface area (Å²) in [5.41, 5.74) is 0.118. The van der Waals surface area contributed by atoms with Crippen LogP contribution in [0.5, 0.6) is 28.7 Å². The number of hydrogen-bond acceptors (Lipinski definition) is 8. The van der Waals surface area contributed by atoms with Crippen molar-refractivity contribution in [3.05, 3.63) is 112 Å². The van der Waals surface area contributed by atoms with E-state index in [1.807, 2.05) is 0 Å². The number of phenols is 1. The zero-order chi connectivity index (χ0) is 30.4. The van der Waals surface area contributed by atoms with Gasteiger partial charge in [-0.1, -0.05) is 35.3 Å². The molecule has 41 heavy (non-hydrogen) atoms. The number of esters is 2. The summed E-state index contributed by atoms with van der Waals surface area (Å²) in [4.78, 5) is 22.6. The van der Waals surface area contributed by atoms with Crippen LogP contribution in [0.1, 0.15) is 20.7 Å². The number of benzene rings is 4. The largest absolute Gasteiger partial charge is 0.508 e. The van der Waals surface area contributed by atoms with E-state index in [0.717, 1.165) is 6.07 Å². The second-order valence-electron chi connectivity index (χ2n) is 7.73. The number of phenolic OH excluding ortho intramolecular Hbond substituents is 1. The Balaban J connectivity index is 0.000000237. The summed E-state index contributed by atoms with van der Waals surface area (Å²) in [5.74, 6) is 0.624. The Morgan fingerprint density at radius 3 is 1.73 bits per heavy atom. The first-order chi connectivity index (χ1) is 19.6. The minimum absolute atomic E-state index is 0.148. The van der Waals surface area contributed by atoms with Crippen LogP contribution in [0, 0.1) is 5.82 Å². The fourth-order valence-electron chi connectivity index (χ4n) is 3.03. The number of hydrogen-bond donors (Lipinski definition) is 1. The van der Waals surface area contributed by atoms with Crippen LogP contribution in [-0.2, 0) is 9.47 Å². The Bertz CT molecular complexity index is 1460. The number of carbonyl (C=O) groups is 2. The lowest BCUT2D eigenvalue weighted by Crippen LogP contribution is -2.03. The molecule has 0 atom stereocenters. The van der Waals surface area contributed by atoms with Gasteiger partial charge in [0.25, 0.3) is 0 Å². The summed E-state index contributed by atoms with van der Waals surface area (Å²) < 4.78 is 37.5. The topological polar surface area (TPSA) is 101 Å². The second-order valence-corrected chi connectivity index (χ2v) is 8.60. The third-order valence-electron chi connectivity index (χ3n) is 5.00. The van der Waals surface area contributed by atoms with Gasteiger partial charge in [-0.05, 0) is 60.7 Å². The Morgan fingerprint density at radius 2 is 1.17 bits per heavy atom. The molecule has 0 aliphatic rings. The van der Waals surface area contributed by atoms with Crippen LogP contribution < -0.4 is 14.2 Å². The molecule has 11 heteroatoms. The van der Waals surface area contributed by atoms with Gasteiger partial charge < -0.3 is 28.8 Å². The Hall–Kier alpha value is -4.47. The molecule has 8 nitrogen and oxygen atoms in total. The molecule has 4 rings (SSSR count). The maximum absolute atomic E-state index is 12.8. The van der Waals surface area contributed by atoms with Crippen LogP contribution in [0.2, 0.25) is 10.0 Å². The maximum Gasteiger partial charge on any atom is 0.341 e. The highest BCUT2D eigenvalue weighted by Crippen LogP contribution is 2.30. The van der Waals surface area contributed by atoms with Gasteiger partial charge in [-0.25, -0.2) is 14.0 Å². The van der Waals surface area contributed by atoms with Crippen LogP contribution in [-0.4, -0.2) is 45.5 Å². The Morgan fingerprint density at radius 1 is 0.659 bits per heavy atom. The fraction of sp³-hybridized carbons (Fsp3) is 0.133. The van der Waals surface area contributed by atoms with Gasteiger partial charge in [0.2, 0.25) is 0 Å². The smallest absolute Gasteiger partial charge is 0.341 e. The molecule has 1 N–H and O–H groups in total. The molecular weight excluding hydrogens is 578 g/mol.